The van der Waals surface area contributed by atoms with Crippen LogP contribution in [-0.2, 0) is 11.2 Å². The van der Waals surface area contributed by atoms with Crippen molar-refractivity contribution in [2.75, 3.05) is 7.05 Å². The lowest BCUT2D eigenvalue weighted by molar-refractivity contribution is -0.139. The van der Waals surface area contributed by atoms with Gasteiger partial charge in [0.1, 0.15) is 6.04 Å². The van der Waals surface area contributed by atoms with Crippen LogP contribution < -0.4 is 11.1 Å². The Bertz CT molecular complexity index is 362. The first-order valence-electron chi connectivity index (χ1n) is 5.84. The molecule has 4 N–H and O–H groups in total. The third-order valence-corrected chi connectivity index (χ3v) is 2.83. The molecule has 0 bridgehead atoms. The number of carboxylic acid groups (broad SMARTS) is 1. The quantitative estimate of drug-likeness (QED) is 0.696. The molecule has 0 fully saturated rings. The fourth-order valence-corrected chi connectivity index (χ4v) is 1.88. The molecule has 0 saturated heterocycles. The monoisotopic (exact) mass is 236 g/mol. The largest absolute Gasteiger partial charge is 0.480 e. The second kappa shape index (κ2) is 6.37. The number of benzene rings is 1. The van der Waals surface area contributed by atoms with Crippen molar-refractivity contribution in [3.8, 4) is 0 Å². The Morgan fingerprint density at radius 3 is 2.41 bits per heavy atom. The van der Waals surface area contributed by atoms with Crippen LogP contribution in [0.5, 0.6) is 0 Å². The minimum atomic E-state index is -0.998. The van der Waals surface area contributed by atoms with Gasteiger partial charge in [0.05, 0.1) is 6.04 Å². The van der Waals surface area contributed by atoms with Gasteiger partial charge in [-0.05, 0) is 24.6 Å². The molecule has 2 atom stereocenters. The topological polar surface area (TPSA) is 75.3 Å². The number of likely N-dealkylation sites (N-methyl/N-ethyl adjacent to an activating group) is 1. The van der Waals surface area contributed by atoms with Gasteiger partial charge in [-0.15, -0.1) is 0 Å². The highest BCUT2D eigenvalue weighted by Gasteiger charge is 2.23. The zero-order valence-corrected chi connectivity index (χ0v) is 10.3. The first-order valence-corrected chi connectivity index (χ1v) is 5.84. The van der Waals surface area contributed by atoms with Crippen molar-refractivity contribution in [3.63, 3.8) is 0 Å². The van der Waals surface area contributed by atoms with E-state index in [1.165, 1.54) is 5.56 Å². The van der Waals surface area contributed by atoms with Crippen LogP contribution in [0.15, 0.2) is 24.3 Å². The molecule has 0 aliphatic carbocycles. The summed E-state index contributed by atoms with van der Waals surface area (Å²) < 4.78 is 0. The number of aryl methyl sites for hydroxylation is 1. The molecule has 4 heteroatoms. The summed E-state index contributed by atoms with van der Waals surface area (Å²) in [5.41, 5.74) is 7.80. The predicted octanol–water partition coefficient (Wildman–Crippen LogP) is 1.31. The smallest absolute Gasteiger partial charge is 0.322 e. The van der Waals surface area contributed by atoms with Crippen molar-refractivity contribution in [1.29, 1.82) is 0 Å². The highest BCUT2D eigenvalue weighted by molar-refractivity contribution is 5.74. The number of carbonyl (C=O) groups is 1. The molecule has 2 unspecified atom stereocenters. The molecule has 94 valence electrons. The summed E-state index contributed by atoms with van der Waals surface area (Å²) in [6.45, 7) is 2.13. The molecular formula is C13H20N2O2. The van der Waals surface area contributed by atoms with E-state index < -0.39 is 12.0 Å². The van der Waals surface area contributed by atoms with Gasteiger partial charge in [0, 0.05) is 0 Å². The summed E-state index contributed by atoms with van der Waals surface area (Å²) in [7, 11) is 1.72. The maximum atomic E-state index is 10.9. The van der Waals surface area contributed by atoms with Crippen LogP contribution in [0.25, 0.3) is 0 Å². The van der Waals surface area contributed by atoms with Crippen LogP contribution in [0, 0.1) is 0 Å². The predicted molar refractivity (Wildman–Crippen MR) is 67.8 cm³/mol. The lowest BCUT2D eigenvalue weighted by Gasteiger charge is -2.20. The van der Waals surface area contributed by atoms with Crippen LogP contribution in [0.2, 0.25) is 0 Å². The molecule has 0 aliphatic rings. The van der Waals surface area contributed by atoms with Gasteiger partial charge in [-0.25, -0.2) is 0 Å². The van der Waals surface area contributed by atoms with Crippen molar-refractivity contribution >= 4 is 5.97 Å². The fraction of sp³-hybridized carbons (Fsp3) is 0.462. The normalized spacial score (nSPS) is 14.3. The Hall–Kier alpha value is -1.39. The maximum Gasteiger partial charge on any atom is 0.322 e. The van der Waals surface area contributed by atoms with Crippen LogP contribution >= 0.6 is 0 Å². The Morgan fingerprint density at radius 1 is 1.41 bits per heavy atom. The SMILES string of the molecule is CCCc1ccc(C(NC)C(N)C(=O)O)cc1. The first-order chi connectivity index (χ1) is 8.10. The molecule has 0 amide bonds. The highest BCUT2D eigenvalue weighted by Crippen LogP contribution is 2.17. The van der Waals surface area contributed by atoms with Gasteiger partial charge in [0.2, 0.25) is 0 Å². The molecule has 17 heavy (non-hydrogen) atoms. The molecule has 1 aromatic rings. The molecule has 0 saturated carbocycles. The van der Waals surface area contributed by atoms with Crippen molar-refractivity contribution in [2.45, 2.75) is 31.8 Å². The van der Waals surface area contributed by atoms with Gasteiger partial charge in [0.15, 0.2) is 0 Å². The van der Waals surface area contributed by atoms with Crippen LogP contribution in [0.3, 0.4) is 0 Å². The molecule has 0 aliphatic heterocycles. The van der Waals surface area contributed by atoms with E-state index >= 15 is 0 Å². The summed E-state index contributed by atoms with van der Waals surface area (Å²) in [5.74, 6) is -0.998. The zero-order chi connectivity index (χ0) is 12.8. The average Bonchev–Trinajstić information content (AvgIpc) is 2.32. The standard InChI is InChI=1S/C13H20N2O2/c1-3-4-9-5-7-10(8-6-9)12(15-2)11(14)13(16)17/h5-8,11-12,15H,3-4,14H2,1-2H3,(H,16,17). The minimum Gasteiger partial charge on any atom is -0.480 e. The van der Waals surface area contributed by atoms with Crippen LogP contribution in [0.4, 0.5) is 0 Å². The number of hydrogen-bond acceptors (Lipinski definition) is 3. The summed E-state index contributed by atoms with van der Waals surface area (Å²) in [5, 5.41) is 11.9. The summed E-state index contributed by atoms with van der Waals surface area (Å²) >= 11 is 0. The number of nitrogens with two attached hydrogens (primary N) is 1. The third-order valence-electron chi connectivity index (χ3n) is 2.83. The average molecular weight is 236 g/mol. The van der Waals surface area contributed by atoms with Gasteiger partial charge < -0.3 is 16.2 Å². The Kier molecular flexibility index (Phi) is 5.12. The number of carboxylic acids is 1. The van der Waals surface area contributed by atoms with Gasteiger partial charge in [-0.2, -0.15) is 0 Å². The summed E-state index contributed by atoms with van der Waals surface area (Å²) in [6.07, 6.45) is 2.14. The number of nitrogens with one attached hydrogen (secondary N) is 1. The van der Waals surface area contributed by atoms with E-state index in [9.17, 15) is 4.79 Å². The van der Waals surface area contributed by atoms with E-state index in [1.807, 2.05) is 24.3 Å². The lowest BCUT2D eigenvalue weighted by atomic mass is 9.98. The van der Waals surface area contributed by atoms with E-state index in [-0.39, 0.29) is 6.04 Å². The van der Waals surface area contributed by atoms with Crippen molar-refractivity contribution < 1.29 is 9.90 Å². The van der Waals surface area contributed by atoms with Crippen molar-refractivity contribution in [3.05, 3.63) is 35.4 Å². The van der Waals surface area contributed by atoms with E-state index in [4.69, 9.17) is 10.8 Å². The molecule has 0 spiro atoms. The Balaban J connectivity index is 2.85. The second-order valence-electron chi connectivity index (χ2n) is 4.12. The Morgan fingerprint density at radius 2 is 2.00 bits per heavy atom. The van der Waals surface area contributed by atoms with Gasteiger partial charge in [-0.3, -0.25) is 4.79 Å². The van der Waals surface area contributed by atoms with Crippen molar-refractivity contribution in [1.82, 2.24) is 5.32 Å². The van der Waals surface area contributed by atoms with E-state index in [2.05, 4.69) is 12.2 Å². The highest BCUT2D eigenvalue weighted by atomic mass is 16.4. The summed E-state index contributed by atoms with van der Waals surface area (Å²) in [6, 6.07) is 6.64. The first kappa shape index (κ1) is 13.7. The number of aliphatic carboxylic acids is 1. The van der Waals surface area contributed by atoms with Crippen LogP contribution in [0.1, 0.15) is 30.5 Å². The number of rotatable bonds is 6. The van der Waals surface area contributed by atoms with Gasteiger partial charge in [-0.1, -0.05) is 37.6 Å². The number of hydrogen-bond donors (Lipinski definition) is 3. The molecule has 0 radical (unpaired) electrons. The van der Waals surface area contributed by atoms with E-state index in [0.29, 0.717) is 0 Å². The fourth-order valence-electron chi connectivity index (χ4n) is 1.88. The molecular weight excluding hydrogens is 216 g/mol. The van der Waals surface area contributed by atoms with Gasteiger partial charge >= 0.3 is 5.97 Å². The molecule has 1 aromatic carbocycles. The summed E-state index contributed by atoms with van der Waals surface area (Å²) in [4.78, 5) is 10.9. The lowest BCUT2D eigenvalue weighted by Crippen LogP contribution is -2.42. The molecule has 4 nitrogen and oxygen atoms in total. The molecule has 0 aromatic heterocycles. The van der Waals surface area contributed by atoms with Crippen LogP contribution in [-0.4, -0.2) is 24.2 Å². The third kappa shape index (κ3) is 3.54. The minimum absolute atomic E-state index is 0.358. The maximum absolute atomic E-state index is 10.9. The Labute approximate surface area is 102 Å². The van der Waals surface area contributed by atoms with E-state index in [0.717, 1.165) is 18.4 Å². The molecule has 0 heterocycles. The van der Waals surface area contributed by atoms with Crippen molar-refractivity contribution in [2.24, 2.45) is 5.73 Å². The van der Waals surface area contributed by atoms with Gasteiger partial charge in [0.25, 0.3) is 0 Å². The van der Waals surface area contributed by atoms with E-state index in [1.54, 1.807) is 7.05 Å². The zero-order valence-electron chi connectivity index (χ0n) is 10.3. The molecule has 1 rings (SSSR count). The second-order valence-corrected chi connectivity index (χ2v) is 4.12.